The van der Waals surface area contributed by atoms with E-state index < -0.39 is 12.1 Å². The SMILES string of the molecule is CCCCCCCCCCCCCCCCCCCCC(O)C(CO)NC(=O)CCCCCCC/C=C\CCCCCCCCCCCOC(=O)CCCCCCCCCCCCCCCCC. The molecule has 0 spiro atoms. The molecule has 0 aromatic heterocycles. The van der Waals surface area contributed by atoms with Gasteiger partial charge >= 0.3 is 5.97 Å². The number of amides is 1. The van der Waals surface area contributed by atoms with Gasteiger partial charge in [0.15, 0.2) is 0 Å². The topological polar surface area (TPSA) is 95.9 Å². The monoisotopic (exact) mass is 960 g/mol. The molecule has 0 aliphatic carbocycles. The molecule has 6 heteroatoms. The van der Waals surface area contributed by atoms with Gasteiger partial charge in [0.05, 0.1) is 25.4 Å². The van der Waals surface area contributed by atoms with Crippen LogP contribution in [-0.4, -0.2) is 47.4 Å². The zero-order chi connectivity index (χ0) is 49.3. The second-order valence-electron chi connectivity index (χ2n) is 21.4. The molecular weight excluding hydrogens is 839 g/mol. The summed E-state index contributed by atoms with van der Waals surface area (Å²) in [6.45, 7) is 4.97. The molecule has 0 aromatic rings. The third-order valence-electron chi connectivity index (χ3n) is 14.6. The Balaban J connectivity index is 3.43. The van der Waals surface area contributed by atoms with Crippen LogP contribution in [0.3, 0.4) is 0 Å². The van der Waals surface area contributed by atoms with Crippen molar-refractivity contribution in [3.8, 4) is 0 Å². The molecule has 0 radical (unpaired) electrons. The minimum atomic E-state index is -0.672. The average Bonchev–Trinajstić information content (AvgIpc) is 3.34. The smallest absolute Gasteiger partial charge is 0.305 e. The van der Waals surface area contributed by atoms with E-state index in [4.69, 9.17) is 4.74 Å². The lowest BCUT2D eigenvalue weighted by Gasteiger charge is -2.22. The summed E-state index contributed by atoms with van der Waals surface area (Å²) in [6.07, 6.45) is 69.3. The number of carbonyl (C=O) groups is 2. The van der Waals surface area contributed by atoms with Crippen LogP contribution in [0.1, 0.15) is 348 Å². The summed E-state index contributed by atoms with van der Waals surface area (Å²) in [6, 6.07) is -0.551. The van der Waals surface area contributed by atoms with Crippen molar-refractivity contribution in [2.24, 2.45) is 0 Å². The van der Waals surface area contributed by atoms with Gasteiger partial charge in [0, 0.05) is 12.8 Å². The first-order valence-electron chi connectivity index (χ1n) is 30.9. The van der Waals surface area contributed by atoms with Gasteiger partial charge in [-0.3, -0.25) is 9.59 Å². The van der Waals surface area contributed by atoms with E-state index in [0.29, 0.717) is 25.9 Å². The number of rotatable bonds is 58. The molecule has 0 heterocycles. The summed E-state index contributed by atoms with van der Waals surface area (Å²) >= 11 is 0. The number of nitrogens with one attached hydrogen (secondary N) is 1. The molecule has 1 amide bonds. The number of hydrogen-bond donors (Lipinski definition) is 3. The Labute approximate surface area is 425 Å². The maximum absolute atomic E-state index is 12.5. The van der Waals surface area contributed by atoms with Crippen LogP contribution in [0.2, 0.25) is 0 Å². The van der Waals surface area contributed by atoms with E-state index in [0.717, 1.165) is 51.4 Å². The van der Waals surface area contributed by atoms with Crippen LogP contribution in [0, 0.1) is 0 Å². The third-order valence-corrected chi connectivity index (χ3v) is 14.6. The summed E-state index contributed by atoms with van der Waals surface area (Å²) in [5.74, 6) is -0.0393. The predicted molar refractivity (Wildman–Crippen MR) is 297 cm³/mol. The first-order chi connectivity index (χ1) is 33.5. The summed E-state index contributed by atoms with van der Waals surface area (Å²) < 4.78 is 5.48. The Kier molecular flexibility index (Phi) is 57.0. The van der Waals surface area contributed by atoms with Gasteiger partial charge in [-0.25, -0.2) is 0 Å². The van der Waals surface area contributed by atoms with Crippen molar-refractivity contribution in [3.63, 3.8) is 0 Å². The lowest BCUT2D eigenvalue weighted by molar-refractivity contribution is -0.143. The number of aliphatic hydroxyl groups is 2. The molecule has 0 aromatic carbocycles. The molecule has 0 aliphatic rings. The van der Waals surface area contributed by atoms with Crippen LogP contribution < -0.4 is 5.32 Å². The van der Waals surface area contributed by atoms with Gasteiger partial charge in [-0.2, -0.15) is 0 Å². The molecule has 404 valence electrons. The van der Waals surface area contributed by atoms with Gasteiger partial charge in [-0.05, 0) is 51.4 Å². The molecule has 0 bridgehead atoms. The number of unbranched alkanes of at least 4 members (excludes halogenated alkanes) is 45. The number of allylic oxidation sites excluding steroid dienone is 2. The second kappa shape index (κ2) is 58.2. The standard InChI is InChI=1S/C62H121NO5/c1-3-5-7-9-11-13-15-17-19-20-23-27-30-34-38-42-46-50-54-60(65)59(58-64)63-61(66)55-51-47-43-39-35-31-28-24-21-22-25-29-33-37-41-45-49-53-57-68-62(67)56-52-48-44-40-36-32-26-18-16-14-12-10-8-6-4-2/h24,28,59-60,64-65H,3-23,25-27,29-58H2,1-2H3,(H,63,66)/b28-24-. The highest BCUT2D eigenvalue weighted by Gasteiger charge is 2.20. The summed E-state index contributed by atoms with van der Waals surface area (Å²) in [4.78, 5) is 24.6. The number of ether oxygens (including phenoxy) is 1. The molecule has 2 unspecified atom stereocenters. The van der Waals surface area contributed by atoms with Crippen molar-refractivity contribution in [2.45, 2.75) is 360 Å². The molecule has 0 aliphatic heterocycles. The fourth-order valence-electron chi connectivity index (χ4n) is 9.81. The first kappa shape index (κ1) is 66.6. The maximum Gasteiger partial charge on any atom is 0.305 e. The zero-order valence-electron chi connectivity index (χ0n) is 46.1. The normalized spacial score (nSPS) is 12.6. The maximum atomic E-state index is 12.5. The molecule has 6 nitrogen and oxygen atoms in total. The number of esters is 1. The van der Waals surface area contributed by atoms with E-state index in [9.17, 15) is 19.8 Å². The summed E-state index contributed by atoms with van der Waals surface area (Å²) in [5.41, 5.74) is 0. The highest BCUT2D eigenvalue weighted by molar-refractivity contribution is 5.76. The van der Waals surface area contributed by atoms with Gasteiger partial charge in [0.1, 0.15) is 0 Å². The molecule has 0 fully saturated rings. The number of carbonyl (C=O) groups excluding carboxylic acids is 2. The van der Waals surface area contributed by atoms with Crippen LogP contribution in [-0.2, 0) is 14.3 Å². The predicted octanol–water partition coefficient (Wildman–Crippen LogP) is 19.2. The van der Waals surface area contributed by atoms with Gasteiger partial charge in [0.25, 0.3) is 0 Å². The lowest BCUT2D eigenvalue weighted by atomic mass is 10.0. The number of hydrogen-bond acceptors (Lipinski definition) is 5. The van der Waals surface area contributed by atoms with Gasteiger partial charge in [-0.1, -0.05) is 296 Å². The average molecular weight is 961 g/mol. The Morgan fingerprint density at radius 1 is 0.397 bits per heavy atom. The van der Waals surface area contributed by atoms with Crippen LogP contribution in [0.5, 0.6) is 0 Å². The zero-order valence-corrected chi connectivity index (χ0v) is 46.1. The van der Waals surface area contributed by atoms with Crippen molar-refractivity contribution in [1.82, 2.24) is 5.32 Å². The Morgan fingerprint density at radius 3 is 1.04 bits per heavy atom. The lowest BCUT2D eigenvalue weighted by Crippen LogP contribution is -2.45. The van der Waals surface area contributed by atoms with E-state index in [1.807, 2.05) is 0 Å². The van der Waals surface area contributed by atoms with Gasteiger partial charge in [-0.15, -0.1) is 0 Å². The van der Waals surface area contributed by atoms with E-state index in [2.05, 4.69) is 31.3 Å². The second-order valence-corrected chi connectivity index (χ2v) is 21.4. The van der Waals surface area contributed by atoms with Gasteiger partial charge in [0.2, 0.25) is 5.91 Å². The molecular formula is C62H121NO5. The highest BCUT2D eigenvalue weighted by Crippen LogP contribution is 2.18. The molecule has 0 saturated carbocycles. The Bertz CT molecular complexity index is 1020. The summed E-state index contributed by atoms with van der Waals surface area (Å²) in [5, 5.41) is 23.3. The van der Waals surface area contributed by atoms with E-state index in [1.54, 1.807) is 0 Å². The Hall–Kier alpha value is -1.40. The van der Waals surface area contributed by atoms with Crippen molar-refractivity contribution in [3.05, 3.63) is 12.2 Å². The molecule has 3 N–H and O–H groups in total. The van der Waals surface area contributed by atoms with Crippen LogP contribution in [0.25, 0.3) is 0 Å². The van der Waals surface area contributed by atoms with Gasteiger partial charge < -0.3 is 20.3 Å². The number of aliphatic hydroxyl groups excluding tert-OH is 2. The van der Waals surface area contributed by atoms with E-state index >= 15 is 0 Å². The van der Waals surface area contributed by atoms with E-state index in [1.165, 1.54) is 263 Å². The van der Waals surface area contributed by atoms with Crippen LogP contribution >= 0.6 is 0 Å². The van der Waals surface area contributed by atoms with Crippen molar-refractivity contribution >= 4 is 11.9 Å². The molecule has 2 atom stereocenters. The Morgan fingerprint density at radius 2 is 0.691 bits per heavy atom. The van der Waals surface area contributed by atoms with Crippen molar-refractivity contribution < 1.29 is 24.5 Å². The van der Waals surface area contributed by atoms with Crippen molar-refractivity contribution in [2.75, 3.05) is 13.2 Å². The quantitative estimate of drug-likeness (QED) is 0.0321. The minimum Gasteiger partial charge on any atom is -0.466 e. The molecule has 0 rings (SSSR count). The first-order valence-corrected chi connectivity index (χ1v) is 30.9. The fourth-order valence-corrected chi connectivity index (χ4v) is 9.81. The minimum absolute atomic E-state index is 0.00673. The summed E-state index contributed by atoms with van der Waals surface area (Å²) in [7, 11) is 0. The fraction of sp³-hybridized carbons (Fsp3) is 0.935. The highest BCUT2D eigenvalue weighted by atomic mass is 16.5. The largest absolute Gasteiger partial charge is 0.466 e. The van der Waals surface area contributed by atoms with Crippen LogP contribution in [0.4, 0.5) is 0 Å². The van der Waals surface area contributed by atoms with Crippen molar-refractivity contribution in [1.29, 1.82) is 0 Å². The third kappa shape index (κ3) is 53.9. The van der Waals surface area contributed by atoms with E-state index in [-0.39, 0.29) is 18.5 Å². The molecule has 68 heavy (non-hydrogen) atoms. The van der Waals surface area contributed by atoms with Crippen LogP contribution in [0.15, 0.2) is 12.2 Å². The molecule has 0 saturated heterocycles.